The van der Waals surface area contributed by atoms with Crippen molar-refractivity contribution in [1.29, 1.82) is 0 Å². The molecule has 0 aromatic carbocycles. The molecule has 0 bridgehead atoms. The first-order chi connectivity index (χ1) is 8.79. The lowest BCUT2D eigenvalue weighted by molar-refractivity contribution is -0.111. The highest BCUT2D eigenvalue weighted by atomic mass is 16.1. The van der Waals surface area contributed by atoms with Crippen LogP contribution in [0.1, 0.15) is 31.7 Å². The number of aromatic nitrogens is 2. The molecule has 0 radical (unpaired) electrons. The van der Waals surface area contributed by atoms with E-state index in [4.69, 9.17) is 0 Å². The largest absolute Gasteiger partial charge is 0.351 e. The van der Waals surface area contributed by atoms with Gasteiger partial charge in [0.05, 0.1) is 0 Å². The SMILES string of the molecule is O=CC1CCCN(c2nccn(C3CC3)c2=O)C1. The number of anilines is 1. The van der Waals surface area contributed by atoms with Gasteiger partial charge in [0.15, 0.2) is 5.82 Å². The van der Waals surface area contributed by atoms with E-state index in [0.717, 1.165) is 38.5 Å². The Morgan fingerprint density at radius 1 is 1.33 bits per heavy atom. The Labute approximate surface area is 105 Å². The highest BCUT2D eigenvalue weighted by Crippen LogP contribution is 2.33. The summed E-state index contributed by atoms with van der Waals surface area (Å²) in [5.74, 6) is 0.547. The van der Waals surface area contributed by atoms with Gasteiger partial charge in [-0.2, -0.15) is 0 Å². The summed E-state index contributed by atoms with van der Waals surface area (Å²) in [5.41, 5.74) is -0.00783. The van der Waals surface area contributed by atoms with Crippen LogP contribution >= 0.6 is 0 Å². The second-order valence-corrected chi connectivity index (χ2v) is 5.18. The summed E-state index contributed by atoms with van der Waals surface area (Å²) < 4.78 is 1.78. The predicted molar refractivity (Wildman–Crippen MR) is 67.8 cm³/mol. The zero-order valence-corrected chi connectivity index (χ0v) is 10.3. The van der Waals surface area contributed by atoms with Gasteiger partial charge in [-0.1, -0.05) is 0 Å². The number of hydrogen-bond acceptors (Lipinski definition) is 4. The quantitative estimate of drug-likeness (QED) is 0.748. The lowest BCUT2D eigenvalue weighted by Crippen LogP contribution is -2.40. The Morgan fingerprint density at radius 2 is 2.17 bits per heavy atom. The normalized spacial score (nSPS) is 24.0. The number of piperidine rings is 1. The molecule has 1 saturated carbocycles. The minimum absolute atomic E-state index is 0.00783. The van der Waals surface area contributed by atoms with Gasteiger partial charge in [0, 0.05) is 37.4 Å². The highest BCUT2D eigenvalue weighted by Gasteiger charge is 2.28. The molecular formula is C13H17N3O2. The van der Waals surface area contributed by atoms with Crippen molar-refractivity contribution >= 4 is 12.1 Å². The van der Waals surface area contributed by atoms with Crippen molar-refractivity contribution < 1.29 is 4.79 Å². The van der Waals surface area contributed by atoms with Crippen molar-refractivity contribution in [2.24, 2.45) is 5.92 Å². The molecular weight excluding hydrogens is 230 g/mol. The minimum atomic E-state index is -0.00783. The molecule has 2 heterocycles. The molecule has 5 heteroatoms. The van der Waals surface area contributed by atoms with E-state index in [1.165, 1.54) is 0 Å². The van der Waals surface area contributed by atoms with E-state index in [1.54, 1.807) is 17.0 Å². The molecule has 1 aromatic rings. The first-order valence-electron chi connectivity index (χ1n) is 6.57. The van der Waals surface area contributed by atoms with Crippen LogP contribution in [0.15, 0.2) is 17.2 Å². The number of carbonyl (C=O) groups excluding carboxylic acids is 1. The van der Waals surface area contributed by atoms with E-state index in [2.05, 4.69) is 4.98 Å². The summed E-state index contributed by atoms with van der Waals surface area (Å²) in [6, 6.07) is 0.367. The van der Waals surface area contributed by atoms with E-state index >= 15 is 0 Å². The third kappa shape index (κ3) is 2.05. The lowest BCUT2D eigenvalue weighted by Gasteiger charge is -2.30. The topological polar surface area (TPSA) is 55.2 Å². The average Bonchev–Trinajstić information content (AvgIpc) is 3.23. The highest BCUT2D eigenvalue weighted by molar-refractivity contribution is 5.56. The van der Waals surface area contributed by atoms with Gasteiger partial charge in [-0.3, -0.25) is 4.79 Å². The fourth-order valence-corrected chi connectivity index (χ4v) is 2.58. The fourth-order valence-electron chi connectivity index (χ4n) is 2.58. The van der Waals surface area contributed by atoms with E-state index < -0.39 is 0 Å². The van der Waals surface area contributed by atoms with Crippen molar-refractivity contribution in [3.63, 3.8) is 0 Å². The molecule has 0 spiro atoms. The van der Waals surface area contributed by atoms with Gasteiger partial charge >= 0.3 is 0 Å². The van der Waals surface area contributed by atoms with Crippen molar-refractivity contribution in [3.05, 3.63) is 22.7 Å². The molecule has 2 aliphatic rings. The molecule has 1 unspecified atom stereocenters. The van der Waals surface area contributed by atoms with Crippen LogP contribution in [0.25, 0.3) is 0 Å². The van der Waals surface area contributed by atoms with Crippen LogP contribution in [0.5, 0.6) is 0 Å². The summed E-state index contributed by atoms with van der Waals surface area (Å²) in [6.07, 6.45) is 8.49. The first-order valence-corrected chi connectivity index (χ1v) is 6.57. The second kappa shape index (κ2) is 4.55. The summed E-state index contributed by atoms with van der Waals surface area (Å²) in [5, 5.41) is 0. The summed E-state index contributed by atoms with van der Waals surface area (Å²) >= 11 is 0. The number of hydrogen-bond donors (Lipinski definition) is 0. The van der Waals surface area contributed by atoms with Crippen molar-refractivity contribution in [2.75, 3.05) is 18.0 Å². The summed E-state index contributed by atoms with van der Waals surface area (Å²) in [4.78, 5) is 29.4. The molecule has 1 aromatic heterocycles. The molecule has 3 rings (SSSR count). The van der Waals surface area contributed by atoms with Crippen molar-refractivity contribution in [2.45, 2.75) is 31.7 Å². The Bertz CT molecular complexity index is 507. The average molecular weight is 247 g/mol. The third-order valence-electron chi connectivity index (χ3n) is 3.74. The van der Waals surface area contributed by atoms with Crippen LogP contribution in [0.3, 0.4) is 0 Å². The molecule has 0 N–H and O–H groups in total. The second-order valence-electron chi connectivity index (χ2n) is 5.18. The molecule has 5 nitrogen and oxygen atoms in total. The van der Waals surface area contributed by atoms with E-state index in [9.17, 15) is 9.59 Å². The Balaban J connectivity index is 1.89. The van der Waals surface area contributed by atoms with Gasteiger partial charge in [-0.05, 0) is 25.7 Å². The standard InChI is InChI=1S/C13H17N3O2/c17-9-10-2-1-6-15(8-10)12-13(18)16(7-5-14-12)11-3-4-11/h5,7,9-11H,1-4,6,8H2. The maximum Gasteiger partial charge on any atom is 0.293 e. The van der Waals surface area contributed by atoms with Gasteiger partial charge in [0.25, 0.3) is 5.56 Å². The molecule has 96 valence electrons. The molecule has 2 fully saturated rings. The van der Waals surface area contributed by atoms with E-state index in [0.29, 0.717) is 18.4 Å². The van der Waals surface area contributed by atoms with E-state index in [-0.39, 0.29) is 11.5 Å². The molecule has 1 aliphatic heterocycles. The molecule has 1 atom stereocenters. The number of carbonyl (C=O) groups is 1. The molecule has 1 aliphatic carbocycles. The maximum atomic E-state index is 12.3. The molecule has 1 saturated heterocycles. The fraction of sp³-hybridized carbons (Fsp3) is 0.615. The van der Waals surface area contributed by atoms with Crippen molar-refractivity contribution in [3.8, 4) is 0 Å². The first kappa shape index (κ1) is 11.4. The Kier molecular flexibility index (Phi) is 2.89. The monoisotopic (exact) mass is 247 g/mol. The van der Waals surface area contributed by atoms with Crippen LogP contribution in [0.2, 0.25) is 0 Å². The third-order valence-corrected chi connectivity index (χ3v) is 3.74. The number of aldehydes is 1. The van der Waals surface area contributed by atoms with E-state index in [1.807, 2.05) is 4.90 Å². The van der Waals surface area contributed by atoms with Crippen LogP contribution in [-0.4, -0.2) is 28.9 Å². The van der Waals surface area contributed by atoms with Crippen LogP contribution < -0.4 is 10.5 Å². The Morgan fingerprint density at radius 3 is 2.89 bits per heavy atom. The van der Waals surface area contributed by atoms with Crippen LogP contribution in [0, 0.1) is 5.92 Å². The van der Waals surface area contributed by atoms with Gasteiger partial charge in [0.1, 0.15) is 6.29 Å². The van der Waals surface area contributed by atoms with Crippen LogP contribution in [-0.2, 0) is 4.79 Å². The van der Waals surface area contributed by atoms with Gasteiger partial charge in [0.2, 0.25) is 0 Å². The molecule has 0 amide bonds. The van der Waals surface area contributed by atoms with Gasteiger partial charge < -0.3 is 14.3 Å². The summed E-state index contributed by atoms with van der Waals surface area (Å²) in [7, 11) is 0. The minimum Gasteiger partial charge on any atom is -0.351 e. The predicted octanol–water partition coefficient (Wildman–Crippen LogP) is 0.994. The van der Waals surface area contributed by atoms with Gasteiger partial charge in [-0.25, -0.2) is 4.98 Å². The van der Waals surface area contributed by atoms with Crippen molar-refractivity contribution in [1.82, 2.24) is 9.55 Å². The smallest absolute Gasteiger partial charge is 0.293 e. The van der Waals surface area contributed by atoms with Gasteiger partial charge in [-0.15, -0.1) is 0 Å². The zero-order valence-electron chi connectivity index (χ0n) is 10.3. The number of nitrogens with zero attached hydrogens (tertiary/aromatic N) is 3. The lowest BCUT2D eigenvalue weighted by atomic mass is 10.00. The molecule has 18 heavy (non-hydrogen) atoms. The Hall–Kier alpha value is -1.65. The number of rotatable bonds is 3. The summed E-state index contributed by atoms with van der Waals surface area (Å²) in [6.45, 7) is 1.45. The zero-order chi connectivity index (χ0) is 12.5. The maximum absolute atomic E-state index is 12.3. The van der Waals surface area contributed by atoms with Crippen LogP contribution in [0.4, 0.5) is 5.82 Å².